The monoisotopic (exact) mass is 183 g/mol. The van der Waals surface area contributed by atoms with Crippen molar-refractivity contribution >= 4 is 5.91 Å². The highest BCUT2D eigenvalue weighted by Crippen LogP contribution is 2.04. The standard InChI is InChI=1S/C8H13N3O2/c1-6-5-11-13-7(6)8(12)10-4-3-9-2/h5,9H,3-4H2,1-2H3,(H,10,12). The van der Waals surface area contributed by atoms with Crippen molar-refractivity contribution in [1.82, 2.24) is 15.8 Å². The van der Waals surface area contributed by atoms with E-state index in [-0.39, 0.29) is 11.7 Å². The molecule has 13 heavy (non-hydrogen) atoms. The highest BCUT2D eigenvalue weighted by Gasteiger charge is 2.12. The lowest BCUT2D eigenvalue weighted by Gasteiger charge is -2.01. The SMILES string of the molecule is CNCCNC(=O)c1oncc1C. The predicted molar refractivity (Wildman–Crippen MR) is 47.5 cm³/mol. The maximum Gasteiger partial charge on any atom is 0.290 e. The van der Waals surface area contributed by atoms with Crippen molar-refractivity contribution in [3.8, 4) is 0 Å². The number of carbonyl (C=O) groups is 1. The molecule has 1 amide bonds. The quantitative estimate of drug-likeness (QED) is 0.641. The maximum atomic E-state index is 11.3. The number of hydrogen-bond donors (Lipinski definition) is 2. The fraction of sp³-hybridized carbons (Fsp3) is 0.500. The van der Waals surface area contributed by atoms with Crippen LogP contribution in [0.4, 0.5) is 0 Å². The minimum Gasteiger partial charge on any atom is -0.351 e. The summed E-state index contributed by atoms with van der Waals surface area (Å²) < 4.78 is 4.77. The molecule has 1 heterocycles. The summed E-state index contributed by atoms with van der Waals surface area (Å²) in [6.07, 6.45) is 1.52. The number of hydrogen-bond acceptors (Lipinski definition) is 4. The largest absolute Gasteiger partial charge is 0.351 e. The van der Waals surface area contributed by atoms with Gasteiger partial charge in [-0.15, -0.1) is 0 Å². The number of rotatable bonds is 4. The predicted octanol–water partition coefficient (Wildman–Crippen LogP) is -0.0678. The van der Waals surface area contributed by atoms with Gasteiger partial charge in [-0.1, -0.05) is 5.16 Å². The van der Waals surface area contributed by atoms with Gasteiger partial charge in [0.2, 0.25) is 5.76 Å². The van der Waals surface area contributed by atoms with Crippen LogP contribution in [-0.2, 0) is 0 Å². The molecule has 0 radical (unpaired) electrons. The molecule has 0 aliphatic rings. The summed E-state index contributed by atoms with van der Waals surface area (Å²) in [5.41, 5.74) is 0.752. The average Bonchev–Trinajstić information content (AvgIpc) is 2.52. The topological polar surface area (TPSA) is 67.2 Å². The third-order valence-electron chi connectivity index (χ3n) is 1.62. The lowest BCUT2D eigenvalue weighted by molar-refractivity contribution is 0.0916. The second kappa shape index (κ2) is 4.61. The molecule has 2 N–H and O–H groups in total. The van der Waals surface area contributed by atoms with E-state index in [4.69, 9.17) is 4.52 Å². The highest BCUT2D eigenvalue weighted by molar-refractivity contribution is 5.92. The second-order valence-corrected chi connectivity index (χ2v) is 2.70. The van der Waals surface area contributed by atoms with Gasteiger partial charge in [-0.3, -0.25) is 4.79 Å². The molecule has 0 fully saturated rings. The molecule has 1 aromatic heterocycles. The minimum atomic E-state index is -0.217. The number of nitrogens with zero attached hydrogens (tertiary/aromatic N) is 1. The highest BCUT2D eigenvalue weighted by atomic mass is 16.5. The van der Waals surface area contributed by atoms with E-state index in [2.05, 4.69) is 15.8 Å². The molecule has 0 unspecified atom stereocenters. The summed E-state index contributed by atoms with van der Waals surface area (Å²) in [5, 5.41) is 9.13. The molecule has 0 saturated carbocycles. The van der Waals surface area contributed by atoms with Crippen LogP contribution < -0.4 is 10.6 Å². The maximum absolute atomic E-state index is 11.3. The number of likely N-dealkylation sites (N-methyl/N-ethyl adjacent to an activating group) is 1. The molecule has 0 aliphatic carbocycles. The molecule has 0 aliphatic heterocycles. The van der Waals surface area contributed by atoms with E-state index < -0.39 is 0 Å². The zero-order chi connectivity index (χ0) is 9.68. The summed E-state index contributed by atoms with van der Waals surface area (Å²) >= 11 is 0. The lowest BCUT2D eigenvalue weighted by atomic mass is 10.3. The van der Waals surface area contributed by atoms with Crippen LogP contribution in [0.25, 0.3) is 0 Å². The van der Waals surface area contributed by atoms with E-state index in [9.17, 15) is 4.79 Å². The zero-order valence-electron chi connectivity index (χ0n) is 7.76. The number of aromatic nitrogens is 1. The molecule has 5 nitrogen and oxygen atoms in total. The van der Waals surface area contributed by atoms with Gasteiger partial charge in [0.1, 0.15) is 0 Å². The van der Waals surface area contributed by atoms with Crippen molar-refractivity contribution in [2.75, 3.05) is 20.1 Å². The van der Waals surface area contributed by atoms with Gasteiger partial charge in [-0.25, -0.2) is 0 Å². The molecular formula is C8H13N3O2. The molecular weight excluding hydrogens is 170 g/mol. The Morgan fingerprint density at radius 1 is 1.62 bits per heavy atom. The Bertz CT molecular complexity index is 283. The smallest absolute Gasteiger partial charge is 0.290 e. The summed E-state index contributed by atoms with van der Waals surface area (Å²) in [6, 6.07) is 0. The van der Waals surface area contributed by atoms with Crippen LogP contribution in [0.3, 0.4) is 0 Å². The molecule has 1 aromatic rings. The summed E-state index contributed by atoms with van der Waals surface area (Å²) in [6.45, 7) is 3.10. The first-order chi connectivity index (χ1) is 6.25. The molecule has 5 heteroatoms. The van der Waals surface area contributed by atoms with Gasteiger partial charge < -0.3 is 15.2 Å². The Morgan fingerprint density at radius 3 is 2.92 bits per heavy atom. The number of amides is 1. The molecule has 72 valence electrons. The number of nitrogens with one attached hydrogen (secondary N) is 2. The van der Waals surface area contributed by atoms with Gasteiger partial charge in [0, 0.05) is 18.7 Å². The third kappa shape index (κ3) is 2.55. The van der Waals surface area contributed by atoms with Crippen LogP contribution in [0, 0.1) is 6.92 Å². The van der Waals surface area contributed by atoms with E-state index in [1.807, 2.05) is 7.05 Å². The van der Waals surface area contributed by atoms with Crippen LogP contribution >= 0.6 is 0 Å². The molecule has 0 spiro atoms. The molecule has 0 aromatic carbocycles. The van der Waals surface area contributed by atoms with E-state index in [1.54, 1.807) is 6.92 Å². The minimum absolute atomic E-state index is 0.217. The van der Waals surface area contributed by atoms with Gasteiger partial charge in [0.05, 0.1) is 6.20 Å². The summed E-state index contributed by atoms with van der Waals surface area (Å²) in [7, 11) is 1.83. The van der Waals surface area contributed by atoms with Crippen molar-refractivity contribution in [3.05, 3.63) is 17.5 Å². The van der Waals surface area contributed by atoms with Gasteiger partial charge in [-0.05, 0) is 14.0 Å². The molecule has 0 saturated heterocycles. The van der Waals surface area contributed by atoms with E-state index in [1.165, 1.54) is 6.20 Å². The lowest BCUT2D eigenvalue weighted by Crippen LogP contribution is -2.30. The van der Waals surface area contributed by atoms with Crippen molar-refractivity contribution in [2.24, 2.45) is 0 Å². The normalized spacial score (nSPS) is 10.0. The van der Waals surface area contributed by atoms with Crippen molar-refractivity contribution in [3.63, 3.8) is 0 Å². The van der Waals surface area contributed by atoms with E-state index >= 15 is 0 Å². The van der Waals surface area contributed by atoms with Crippen LogP contribution in [0.2, 0.25) is 0 Å². The number of aryl methyl sites for hydroxylation is 1. The van der Waals surface area contributed by atoms with Crippen molar-refractivity contribution in [1.29, 1.82) is 0 Å². The molecule has 0 atom stereocenters. The van der Waals surface area contributed by atoms with E-state index in [0.29, 0.717) is 6.54 Å². The zero-order valence-corrected chi connectivity index (χ0v) is 7.76. The summed E-state index contributed by atoms with van der Waals surface area (Å²) in [5.74, 6) is 0.0707. The van der Waals surface area contributed by atoms with Gasteiger partial charge in [0.15, 0.2) is 0 Å². The Kier molecular flexibility index (Phi) is 3.45. The van der Waals surface area contributed by atoms with Crippen LogP contribution in [0.15, 0.2) is 10.7 Å². The van der Waals surface area contributed by atoms with Crippen LogP contribution in [-0.4, -0.2) is 31.2 Å². The van der Waals surface area contributed by atoms with Crippen molar-refractivity contribution in [2.45, 2.75) is 6.92 Å². The first-order valence-corrected chi connectivity index (χ1v) is 4.09. The molecule has 0 bridgehead atoms. The Morgan fingerprint density at radius 2 is 2.38 bits per heavy atom. The van der Waals surface area contributed by atoms with Gasteiger partial charge in [0.25, 0.3) is 5.91 Å². The van der Waals surface area contributed by atoms with Gasteiger partial charge >= 0.3 is 0 Å². The van der Waals surface area contributed by atoms with Gasteiger partial charge in [-0.2, -0.15) is 0 Å². The first-order valence-electron chi connectivity index (χ1n) is 4.09. The number of carbonyl (C=O) groups excluding carboxylic acids is 1. The Balaban J connectivity index is 2.45. The van der Waals surface area contributed by atoms with Crippen LogP contribution in [0.5, 0.6) is 0 Å². The van der Waals surface area contributed by atoms with Crippen LogP contribution in [0.1, 0.15) is 16.1 Å². The second-order valence-electron chi connectivity index (χ2n) is 2.70. The first kappa shape index (κ1) is 9.73. The third-order valence-corrected chi connectivity index (χ3v) is 1.62. The Hall–Kier alpha value is -1.36. The fourth-order valence-electron chi connectivity index (χ4n) is 0.891. The Labute approximate surface area is 76.5 Å². The molecule has 1 rings (SSSR count). The average molecular weight is 183 g/mol. The summed E-state index contributed by atoms with van der Waals surface area (Å²) in [4.78, 5) is 11.3. The van der Waals surface area contributed by atoms with Crippen molar-refractivity contribution < 1.29 is 9.32 Å². The van der Waals surface area contributed by atoms with E-state index in [0.717, 1.165) is 12.1 Å². The fourth-order valence-corrected chi connectivity index (χ4v) is 0.891.